The van der Waals surface area contributed by atoms with Crippen molar-refractivity contribution in [3.8, 4) is 17.2 Å². The summed E-state index contributed by atoms with van der Waals surface area (Å²) < 4.78 is 16.2. The summed E-state index contributed by atoms with van der Waals surface area (Å²) in [6.07, 6.45) is 0. The lowest BCUT2D eigenvalue weighted by molar-refractivity contribution is 0.321. The topological polar surface area (TPSA) is 39.7 Å². The monoisotopic (exact) mass is 301 g/mol. The lowest BCUT2D eigenvalue weighted by Crippen LogP contribution is -2.18. The molecule has 1 N–H and O–H groups in total. The third kappa shape index (κ3) is 3.52. The van der Waals surface area contributed by atoms with E-state index in [-0.39, 0.29) is 6.04 Å². The Bertz CT molecular complexity index is 599. The standard InChI is InChI=1S/C18H23NO3/c1-13(14-8-6-5-7-9-14)19-12-15-10-11-16(20-2)18(22-4)17(15)21-3/h5-11,13,19H,12H2,1-4H3/t13-/m1/s1. The number of hydrogen-bond donors (Lipinski definition) is 1. The summed E-state index contributed by atoms with van der Waals surface area (Å²) in [5, 5.41) is 3.50. The van der Waals surface area contributed by atoms with Crippen molar-refractivity contribution in [3.05, 3.63) is 53.6 Å². The smallest absolute Gasteiger partial charge is 0.203 e. The van der Waals surface area contributed by atoms with Gasteiger partial charge in [0.25, 0.3) is 0 Å². The highest BCUT2D eigenvalue weighted by atomic mass is 16.5. The summed E-state index contributed by atoms with van der Waals surface area (Å²) in [5.41, 5.74) is 2.28. The fraction of sp³-hybridized carbons (Fsp3) is 0.333. The summed E-state index contributed by atoms with van der Waals surface area (Å²) in [7, 11) is 4.87. The Morgan fingerprint density at radius 1 is 0.864 bits per heavy atom. The average Bonchev–Trinajstić information content (AvgIpc) is 2.59. The maximum atomic E-state index is 5.50. The van der Waals surface area contributed by atoms with E-state index in [9.17, 15) is 0 Å². The Morgan fingerprint density at radius 3 is 2.14 bits per heavy atom. The SMILES string of the molecule is COc1ccc(CN[C@H](C)c2ccccc2)c(OC)c1OC. The van der Waals surface area contributed by atoms with Gasteiger partial charge < -0.3 is 19.5 Å². The van der Waals surface area contributed by atoms with Crippen molar-refractivity contribution in [1.82, 2.24) is 5.32 Å². The van der Waals surface area contributed by atoms with E-state index in [0.29, 0.717) is 23.8 Å². The van der Waals surface area contributed by atoms with Crippen LogP contribution in [0.3, 0.4) is 0 Å². The molecule has 0 bridgehead atoms. The molecule has 1 atom stereocenters. The Kier molecular flexibility index (Phi) is 5.67. The maximum Gasteiger partial charge on any atom is 0.203 e. The van der Waals surface area contributed by atoms with Crippen molar-refractivity contribution in [2.75, 3.05) is 21.3 Å². The number of rotatable bonds is 7. The van der Waals surface area contributed by atoms with Gasteiger partial charge in [0.2, 0.25) is 5.75 Å². The fourth-order valence-corrected chi connectivity index (χ4v) is 2.43. The van der Waals surface area contributed by atoms with E-state index in [1.807, 2.05) is 30.3 Å². The van der Waals surface area contributed by atoms with Gasteiger partial charge in [-0.15, -0.1) is 0 Å². The molecule has 2 aromatic carbocycles. The van der Waals surface area contributed by atoms with Crippen molar-refractivity contribution in [1.29, 1.82) is 0 Å². The molecule has 0 radical (unpaired) electrons. The third-order valence-corrected chi connectivity index (χ3v) is 3.68. The van der Waals surface area contributed by atoms with Crippen LogP contribution in [-0.4, -0.2) is 21.3 Å². The minimum atomic E-state index is 0.249. The van der Waals surface area contributed by atoms with E-state index < -0.39 is 0 Å². The van der Waals surface area contributed by atoms with Crippen LogP contribution < -0.4 is 19.5 Å². The van der Waals surface area contributed by atoms with Gasteiger partial charge in [0.05, 0.1) is 21.3 Å². The quantitative estimate of drug-likeness (QED) is 0.849. The van der Waals surface area contributed by atoms with E-state index in [2.05, 4.69) is 24.4 Å². The molecular formula is C18H23NO3. The highest BCUT2D eigenvalue weighted by Gasteiger charge is 2.16. The van der Waals surface area contributed by atoms with Gasteiger partial charge in [-0.2, -0.15) is 0 Å². The highest BCUT2D eigenvalue weighted by Crippen LogP contribution is 2.39. The molecule has 0 saturated carbocycles. The van der Waals surface area contributed by atoms with Gasteiger partial charge in [-0.1, -0.05) is 36.4 Å². The molecule has 0 fully saturated rings. The van der Waals surface area contributed by atoms with Crippen molar-refractivity contribution in [3.63, 3.8) is 0 Å². The predicted octanol–water partition coefficient (Wildman–Crippen LogP) is 3.56. The van der Waals surface area contributed by atoms with Crippen LogP contribution in [0.5, 0.6) is 17.2 Å². The van der Waals surface area contributed by atoms with Crippen molar-refractivity contribution in [2.45, 2.75) is 19.5 Å². The number of hydrogen-bond acceptors (Lipinski definition) is 4. The molecule has 0 unspecified atom stereocenters. The zero-order chi connectivity index (χ0) is 15.9. The number of nitrogens with one attached hydrogen (secondary N) is 1. The molecule has 0 aromatic heterocycles. The van der Waals surface area contributed by atoms with E-state index in [1.165, 1.54) is 5.56 Å². The van der Waals surface area contributed by atoms with Gasteiger partial charge in [0, 0.05) is 18.2 Å². The van der Waals surface area contributed by atoms with E-state index in [4.69, 9.17) is 14.2 Å². The molecule has 0 saturated heterocycles. The first kappa shape index (κ1) is 16.2. The second-order valence-corrected chi connectivity index (χ2v) is 5.01. The summed E-state index contributed by atoms with van der Waals surface area (Å²) in [4.78, 5) is 0. The Hall–Kier alpha value is -2.20. The molecule has 118 valence electrons. The van der Waals surface area contributed by atoms with Crippen LogP contribution in [0.15, 0.2) is 42.5 Å². The fourth-order valence-electron chi connectivity index (χ4n) is 2.43. The van der Waals surface area contributed by atoms with Gasteiger partial charge in [-0.25, -0.2) is 0 Å². The van der Waals surface area contributed by atoms with Gasteiger partial charge in [-0.05, 0) is 18.6 Å². The largest absolute Gasteiger partial charge is 0.493 e. The minimum absolute atomic E-state index is 0.249. The van der Waals surface area contributed by atoms with Crippen LogP contribution in [0.2, 0.25) is 0 Å². The summed E-state index contributed by atoms with van der Waals surface area (Å²) in [5.74, 6) is 1.99. The van der Waals surface area contributed by atoms with Gasteiger partial charge >= 0.3 is 0 Å². The molecule has 0 aliphatic carbocycles. The van der Waals surface area contributed by atoms with Crippen LogP contribution in [0, 0.1) is 0 Å². The second kappa shape index (κ2) is 7.71. The zero-order valence-corrected chi connectivity index (χ0v) is 13.6. The van der Waals surface area contributed by atoms with Crippen molar-refractivity contribution in [2.24, 2.45) is 0 Å². The first-order chi connectivity index (χ1) is 10.7. The molecule has 4 nitrogen and oxygen atoms in total. The maximum absolute atomic E-state index is 5.50. The molecular weight excluding hydrogens is 278 g/mol. The van der Waals surface area contributed by atoms with Gasteiger partial charge in [-0.3, -0.25) is 0 Å². The molecule has 2 rings (SSSR count). The minimum Gasteiger partial charge on any atom is -0.493 e. The zero-order valence-electron chi connectivity index (χ0n) is 13.6. The van der Waals surface area contributed by atoms with Crippen LogP contribution >= 0.6 is 0 Å². The molecule has 4 heteroatoms. The number of methoxy groups -OCH3 is 3. The summed E-state index contributed by atoms with van der Waals surface area (Å²) >= 11 is 0. The average molecular weight is 301 g/mol. The van der Waals surface area contributed by atoms with Crippen LogP contribution in [0.4, 0.5) is 0 Å². The first-order valence-electron chi connectivity index (χ1n) is 7.27. The van der Waals surface area contributed by atoms with Crippen molar-refractivity contribution >= 4 is 0 Å². The van der Waals surface area contributed by atoms with Crippen LogP contribution in [-0.2, 0) is 6.54 Å². The molecule has 0 aliphatic rings. The molecule has 22 heavy (non-hydrogen) atoms. The van der Waals surface area contributed by atoms with E-state index in [1.54, 1.807) is 21.3 Å². The third-order valence-electron chi connectivity index (χ3n) is 3.68. The van der Waals surface area contributed by atoms with Gasteiger partial charge in [0.1, 0.15) is 0 Å². The van der Waals surface area contributed by atoms with Crippen LogP contribution in [0.25, 0.3) is 0 Å². The van der Waals surface area contributed by atoms with E-state index >= 15 is 0 Å². The number of benzene rings is 2. The molecule has 0 heterocycles. The summed E-state index contributed by atoms with van der Waals surface area (Å²) in [6, 6.07) is 14.5. The molecule has 0 aliphatic heterocycles. The normalized spacial score (nSPS) is 11.8. The van der Waals surface area contributed by atoms with Crippen LogP contribution in [0.1, 0.15) is 24.1 Å². The van der Waals surface area contributed by atoms with E-state index in [0.717, 1.165) is 5.56 Å². The lowest BCUT2D eigenvalue weighted by atomic mass is 10.1. The Morgan fingerprint density at radius 2 is 1.55 bits per heavy atom. The summed E-state index contributed by atoms with van der Waals surface area (Å²) in [6.45, 7) is 2.82. The Labute approximate surface area is 132 Å². The first-order valence-corrected chi connectivity index (χ1v) is 7.27. The van der Waals surface area contributed by atoms with Crippen molar-refractivity contribution < 1.29 is 14.2 Å². The highest BCUT2D eigenvalue weighted by molar-refractivity contribution is 5.55. The Balaban J connectivity index is 2.16. The lowest BCUT2D eigenvalue weighted by Gasteiger charge is -2.18. The predicted molar refractivity (Wildman–Crippen MR) is 87.8 cm³/mol. The molecule has 0 amide bonds. The molecule has 0 spiro atoms. The second-order valence-electron chi connectivity index (χ2n) is 5.01. The molecule has 2 aromatic rings. The number of ether oxygens (including phenoxy) is 3. The van der Waals surface area contributed by atoms with Gasteiger partial charge in [0.15, 0.2) is 11.5 Å².